The summed E-state index contributed by atoms with van der Waals surface area (Å²) in [5.41, 5.74) is 2.54. The molecule has 140 valence electrons. The molecule has 1 fully saturated rings. The van der Waals surface area contributed by atoms with Crippen molar-refractivity contribution in [2.24, 2.45) is 0 Å². The molecule has 3 heterocycles. The molecule has 0 amide bonds. The van der Waals surface area contributed by atoms with Crippen LogP contribution in [-0.4, -0.2) is 65.5 Å². The van der Waals surface area contributed by atoms with Gasteiger partial charge in [-0.05, 0) is 31.2 Å². The van der Waals surface area contributed by atoms with Gasteiger partial charge in [-0.2, -0.15) is 5.10 Å². The summed E-state index contributed by atoms with van der Waals surface area (Å²) in [4.78, 5) is 5.01. The Bertz CT molecular complexity index is 655. The molecule has 0 unspecified atom stereocenters. The lowest BCUT2D eigenvalue weighted by Gasteiger charge is -2.34. The predicted molar refractivity (Wildman–Crippen MR) is 102 cm³/mol. The molecule has 2 aliphatic heterocycles. The first-order valence-electron chi connectivity index (χ1n) is 9.76. The van der Waals surface area contributed by atoms with Crippen molar-refractivity contribution >= 4 is 0 Å². The van der Waals surface area contributed by atoms with E-state index in [0.717, 1.165) is 77.7 Å². The van der Waals surface area contributed by atoms with E-state index in [1.54, 1.807) is 0 Å². The van der Waals surface area contributed by atoms with Gasteiger partial charge in [0.25, 0.3) is 0 Å². The van der Waals surface area contributed by atoms with Crippen molar-refractivity contribution in [1.29, 1.82) is 0 Å². The molecule has 0 saturated carbocycles. The number of aromatic nitrogens is 2. The molecule has 6 nitrogen and oxygen atoms in total. The van der Waals surface area contributed by atoms with Crippen LogP contribution in [0.1, 0.15) is 17.8 Å². The van der Waals surface area contributed by atoms with Gasteiger partial charge in [-0.1, -0.05) is 18.2 Å². The summed E-state index contributed by atoms with van der Waals surface area (Å²) in [6.07, 6.45) is 1.16. The van der Waals surface area contributed by atoms with E-state index in [4.69, 9.17) is 9.84 Å². The first-order chi connectivity index (χ1) is 12.9. The zero-order valence-corrected chi connectivity index (χ0v) is 15.4. The summed E-state index contributed by atoms with van der Waals surface area (Å²) in [6.45, 7) is 10.2. The molecular formula is C20H29N5O. The maximum Gasteiger partial charge on any atom is 0.119 e. The highest BCUT2D eigenvalue weighted by molar-refractivity contribution is 5.20. The molecule has 6 heteroatoms. The number of nitrogens with zero attached hydrogens (tertiary/aromatic N) is 4. The first kappa shape index (κ1) is 17.5. The van der Waals surface area contributed by atoms with Crippen molar-refractivity contribution in [2.75, 3.05) is 45.9 Å². The molecule has 0 bridgehead atoms. The second kappa shape index (κ2) is 8.66. The molecule has 0 spiro atoms. The maximum atomic E-state index is 5.81. The molecule has 0 radical (unpaired) electrons. The van der Waals surface area contributed by atoms with Crippen molar-refractivity contribution in [3.63, 3.8) is 0 Å². The largest absolute Gasteiger partial charge is 0.492 e. The van der Waals surface area contributed by atoms with Crippen LogP contribution in [0, 0.1) is 0 Å². The van der Waals surface area contributed by atoms with Crippen molar-refractivity contribution in [1.82, 2.24) is 24.9 Å². The Balaban J connectivity index is 1.19. The van der Waals surface area contributed by atoms with Gasteiger partial charge in [-0.3, -0.25) is 14.5 Å². The molecule has 0 aliphatic carbocycles. The molecular weight excluding hydrogens is 326 g/mol. The van der Waals surface area contributed by atoms with Crippen molar-refractivity contribution in [3.05, 3.63) is 47.8 Å². The Morgan fingerprint density at radius 3 is 2.65 bits per heavy atom. The van der Waals surface area contributed by atoms with Crippen molar-refractivity contribution in [3.8, 4) is 5.75 Å². The van der Waals surface area contributed by atoms with Crippen molar-refractivity contribution in [2.45, 2.75) is 26.1 Å². The number of benzene rings is 1. The number of ether oxygens (including phenoxy) is 1. The number of rotatable bonds is 6. The Labute approximate surface area is 155 Å². The van der Waals surface area contributed by atoms with Crippen LogP contribution in [0.3, 0.4) is 0 Å². The number of fused-ring (bicyclic) bond motifs is 1. The third-order valence-corrected chi connectivity index (χ3v) is 5.21. The average molecular weight is 355 g/mol. The van der Waals surface area contributed by atoms with E-state index in [1.807, 2.05) is 30.3 Å². The summed E-state index contributed by atoms with van der Waals surface area (Å²) < 4.78 is 8.00. The van der Waals surface area contributed by atoms with Crippen LogP contribution in [0.25, 0.3) is 0 Å². The Morgan fingerprint density at radius 1 is 1.00 bits per heavy atom. The third kappa shape index (κ3) is 4.63. The lowest BCUT2D eigenvalue weighted by molar-refractivity contribution is 0.111. The maximum absolute atomic E-state index is 5.81. The van der Waals surface area contributed by atoms with Gasteiger partial charge < -0.3 is 10.1 Å². The third-order valence-electron chi connectivity index (χ3n) is 5.21. The molecule has 4 rings (SSSR count). The summed E-state index contributed by atoms with van der Waals surface area (Å²) in [6, 6.07) is 12.3. The normalized spacial score (nSPS) is 19.1. The van der Waals surface area contributed by atoms with Crippen molar-refractivity contribution < 1.29 is 4.74 Å². The molecule has 1 aromatic heterocycles. The highest BCUT2D eigenvalue weighted by Crippen LogP contribution is 2.13. The molecule has 1 N–H and O–H groups in total. The lowest BCUT2D eigenvalue weighted by Crippen LogP contribution is -2.47. The van der Waals surface area contributed by atoms with Gasteiger partial charge in [0.15, 0.2) is 0 Å². The second-order valence-corrected chi connectivity index (χ2v) is 7.16. The van der Waals surface area contributed by atoms with Gasteiger partial charge >= 0.3 is 0 Å². The van der Waals surface area contributed by atoms with Crippen LogP contribution in [0.4, 0.5) is 0 Å². The summed E-state index contributed by atoms with van der Waals surface area (Å²) in [7, 11) is 0. The van der Waals surface area contributed by atoms with Gasteiger partial charge in [-0.15, -0.1) is 0 Å². The zero-order valence-electron chi connectivity index (χ0n) is 15.4. The minimum absolute atomic E-state index is 0.755. The van der Waals surface area contributed by atoms with Gasteiger partial charge in [0.05, 0.1) is 11.4 Å². The minimum Gasteiger partial charge on any atom is -0.492 e. The van der Waals surface area contributed by atoms with Gasteiger partial charge in [0, 0.05) is 52.4 Å². The van der Waals surface area contributed by atoms with Crippen LogP contribution in [0.2, 0.25) is 0 Å². The van der Waals surface area contributed by atoms with Gasteiger partial charge in [0.1, 0.15) is 12.4 Å². The van der Waals surface area contributed by atoms with E-state index in [0.29, 0.717) is 0 Å². The topological polar surface area (TPSA) is 45.6 Å². The lowest BCUT2D eigenvalue weighted by atomic mass is 10.2. The predicted octanol–water partition coefficient (Wildman–Crippen LogP) is 1.57. The van der Waals surface area contributed by atoms with Gasteiger partial charge in [0.2, 0.25) is 0 Å². The molecule has 1 aromatic carbocycles. The summed E-state index contributed by atoms with van der Waals surface area (Å²) in [5.74, 6) is 0.958. The van der Waals surface area contributed by atoms with Crippen LogP contribution < -0.4 is 10.1 Å². The van der Waals surface area contributed by atoms with Crippen LogP contribution in [-0.2, 0) is 19.6 Å². The second-order valence-electron chi connectivity index (χ2n) is 7.16. The standard InChI is InChI=1S/C20H29N5O/c1-2-5-20(6-3-1)26-14-13-23-9-11-24(12-10-23)17-18-15-19-16-21-7-4-8-25(19)22-18/h1-3,5-6,15,21H,4,7-14,16-17H2. The SMILES string of the molecule is c1ccc(OCCN2CCN(Cc3cc4n(n3)CCCNC4)CC2)cc1. The minimum atomic E-state index is 0.755. The van der Waals surface area contributed by atoms with E-state index >= 15 is 0 Å². The molecule has 0 atom stereocenters. The number of aryl methyl sites for hydroxylation is 1. The number of piperazine rings is 1. The Kier molecular flexibility index (Phi) is 5.84. The summed E-state index contributed by atoms with van der Waals surface area (Å²) >= 11 is 0. The smallest absolute Gasteiger partial charge is 0.119 e. The molecule has 2 aromatic rings. The molecule has 1 saturated heterocycles. The average Bonchev–Trinajstić information content (AvgIpc) is 2.92. The van der Waals surface area contributed by atoms with E-state index in [9.17, 15) is 0 Å². The monoisotopic (exact) mass is 355 g/mol. The summed E-state index contributed by atoms with van der Waals surface area (Å²) in [5, 5.41) is 8.27. The van der Waals surface area contributed by atoms with E-state index < -0.39 is 0 Å². The number of nitrogens with one attached hydrogen (secondary N) is 1. The Morgan fingerprint density at radius 2 is 1.81 bits per heavy atom. The fraction of sp³-hybridized carbons (Fsp3) is 0.550. The quantitative estimate of drug-likeness (QED) is 0.852. The van der Waals surface area contributed by atoms with Crippen LogP contribution in [0.15, 0.2) is 36.4 Å². The highest BCUT2D eigenvalue weighted by atomic mass is 16.5. The van der Waals surface area contributed by atoms with Gasteiger partial charge in [-0.25, -0.2) is 0 Å². The highest BCUT2D eigenvalue weighted by Gasteiger charge is 2.19. The van der Waals surface area contributed by atoms with E-state index in [2.05, 4.69) is 25.9 Å². The van der Waals surface area contributed by atoms with E-state index in [-0.39, 0.29) is 0 Å². The fourth-order valence-corrected chi connectivity index (χ4v) is 3.71. The number of para-hydroxylation sites is 1. The Hall–Kier alpha value is -1.89. The first-order valence-corrected chi connectivity index (χ1v) is 9.76. The van der Waals surface area contributed by atoms with Crippen LogP contribution in [0.5, 0.6) is 5.75 Å². The number of hydrogen-bond acceptors (Lipinski definition) is 5. The van der Waals surface area contributed by atoms with E-state index in [1.165, 1.54) is 11.4 Å². The molecule has 2 aliphatic rings. The molecule has 26 heavy (non-hydrogen) atoms. The number of hydrogen-bond donors (Lipinski definition) is 1. The zero-order chi connectivity index (χ0) is 17.6. The van der Waals surface area contributed by atoms with Crippen LogP contribution >= 0.6 is 0 Å². The fourth-order valence-electron chi connectivity index (χ4n) is 3.71.